The Labute approximate surface area is 55.7 Å². The van der Waals surface area contributed by atoms with Crippen molar-refractivity contribution in [2.75, 3.05) is 7.05 Å². The topological polar surface area (TPSA) is 50.4 Å². The molecule has 0 rings (SSSR count). The summed E-state index contributed by atoms with van der Waals surface area (Å²) in [6.45, 7) is 3.67. The predicted molar refractivity (Wildman–Crippen MR) is 40.1 cm³/mol. The minimum atomic E-state index is 0.574. The molecule has 0 aromatic carbocycles. The molecule has 0 saturated carbocycles. The summed E-state index contributed by atoms with van der Waals surface area (Å²) in [4.78, 5) is 3.87. The van der Waals surface area contributed by atoms with Crippen molar-refractivity contribution in [2.24, 2.45) is 10.7 Å². The molecule has 0 fully saturated rings. The highest BCUT2D eigenvalue weighted by atomic mass is 14.9. The molecular formula is C6H13N3. The van der Waals surface area contributed by atoms with Gasteiger partial charge in [-0.1, -0.05) is 0 Å². The standard InChI is InChI=1S/C6H13N3/c1-5(8-3)4-9-6(2)7/h4,8H,1-3H3,(H2,7,9)/b5-4+. The van der Waals surface area contributed by atoms with E-state index in [0.717, 1.165) is 5.70 Å². The average Bonchev–Trinajstić information content (AvgIpc) is 1.83. The highest BCUT2D eigenvalue weighted by Gasteiger charge is 1.77. The number of allylic oxidation sites excluding steroid dienone is 1. The minimum absolute atomic E-state index is 0.574. The van der Waals surface area contributed by atoms with Crippen LogP contribution in [0.25, 0.3) is 0 Å². The molecule has 0 aromatic heterocycles. The maximum atomic E-state index is 5.27. The van der Waals surface area contributed by atoms with Crippen LogP contribution < -0.4 is 11.1 Å². The van der Waals surface area contributed by atoms with E-state index in [2.05, 4.69) is 10.3 Å². The van der Waals surface area contributed by atoms with Gasteiger partial charge in [0.25, 0.3) is 0 Å². The molecule has 0 bridgehead atoms. The number of rotatable bonds is 2. The number of nitrogens with zero attached hydrogens (tertiary/aromatic N) is 1. The molecule has 52 valence electrons. The maximum absolute atomic E-state index is 5.27. The third-order valence-electron chi connectivity index (χ3n) is 0.856. The predicted octanol–water partition coefficient (Wildman–Crippen LogP) is 0.444. The van der Waals surface area contributed by atoms with Crippen molar-refractivity contribution in [3.8, 4) is 0 Å². The quantitative estimate of drug-likeness (QED) is 0.418. The summed E-state index contributed by atoms with van der Waals surface area (Å²) in [6.07, 6.45) is 1.69. The second-order valence-electron chi connectivity index (χ2n) is 1.83. The second kappa shape index (κ2) is 3.95. The molecule has 0 heterocycles. The van der Waals surface area contributed by atoms with E-state index in [1.54, 1.807) is 13.1 Å². The number of hydrogen-bond donors (Lipinski definition) is 2. The highest BCUT2D eigenvalue weighted by molar-refractivity contribution is 5.77. The summed E-state index contributed by atoms with van der Waals surface area (Å²) in [6, 6.07) is 0. The maximum Gasteiger partial charge on any atom is 0.0958 e. The Morgan fingerprint density at radius 3 is 2.44 bits per heavy atom. The Kier molecular flexibility index (Phi) is 3.51. The molecule has 0 aromatic rings. The summed E-state index contributed by atoms with van der Waals surface area (Å²) < 4.78 is 0. The summed E-state index contributed by atoms with van der Waals surface area (Å²) in [5.41, 5.74) is 6.27. The van der Waals surface area contributed by atoms with E-state index >= 15 is 0 Å². The van der Waals surface area contributed by atoms with Crippen molar-refractivity contribution in [1.82, 2.24) is 5.32 Å². The van der Waals surface area contributed by atoms with Crippen LogP contribution in [0.2, 0.25) is 0 Å². The molecule has 0 radical (unpaired) electrons. The van der Waals surface area contributed by atoms with Gasteiger partial charge in [0, 0.05) is 18.9 Å². The number of nitrogens with two attached hydrogens (primary N) is 1. The zero-order valence-electron chi connectivity index (χ0n) is 6.10. The van der Waals surface area contributed by atoms with Gasteiger partial charge < -0.3 is 11.1 Å². The Morgan fingerprint density at radius 1 is 1.56 bits per heavy atom. The molecule has 0 aliphatic rings. The molecule has 0 aliphatic carbocycles. The average molecular weight is 127 g/mol. The summed E-state index contributed by atoms with van der Waals surface area (Å²) in [7, 11) is 1.84. The second-order valence-corrected chi connectivity index (χ2v) is 1.83. The molecule has 9 heavy (non-hydrogen) atoms. The van der Waals surface area contributed by atoms with Crippen LogP contribution in [-0.4, -0.2) is 12.9 Å². The van der Waals surface area contributed by atoms with Crippen molar-refractivity contribution in [3.05, 3.63) is 11.9 Å². The van der Waals surface area contributed by atoms with Gasteiger partial charge in [-0.3, -0.25) is 0 Å². The summed E-state index contributed by atoms with van der Waals surface area (Å²) in [5.74, 6) is 0.574. The molecule has 0 unspecified atom stereocenters. The highest BCUT2D eigenvalue weighted by Crippen LogP contribution is 1.83. The van der Waals surface area contributed by atoms with Gasteiger partial charge in [0.1, 0.15) is 0 Å². The van der Waals surface area contributed by atoms with Crippen LogP contribution in [-0.2, 0) is 0 Å². The third-order valence-corrected chi connectivity index (χ3v) is 0.856. The van der Waals surface area contributed by atoms with Gasteiger partial charge in [-0.2, -0.15) is 0 Å². The number of amidine groups is 1. The Hall–Kier alpha value is -0.990. The summed E-state index contributed by atoms with van der Waals surface area (Å²) >= 11 is 0. The van der Waals surface area contributed by atoms with Crippen LogP contribution in [0.4, 0.5) is 0 Å². The number of nitrogens with one attached hydrogen (secondary N) is 1. The van der Waals surface area contributed by atoms with E-state index in [1.807, 2.05) is 14.0 Å². The Morgan fingerprint density at radius 2 is 2.11 bits per heavy atom. The van der Waals surface area contributed by atoms with E-state index in [0.29, 0.717) is 5.84 Å². The minimum Gasteiger partial charge on any atom is -0.390 e. The van der Waals surface area contributed by atoms with Crippen LogP contribution in [0.3, 0.4) is 0 Å². The van der Waals surface area contributed by atoms with Crippen LogP contribution in [0.15, 0.2) is 16.9 Å². The molecule has 0 spiro atoms. The first-order valence-corrected chi connectivity index (χ1v) is 2.81. The Balaban J connectivity index is 3.83. The van der Waals surface area contributed by atoms with Crippen molar-refractivity contribution >= 4 is 5.84 Å². The first kappa shape index (κ1) is 8.01. The summed E-state index contributed by atoms with van der Waals surface area (Å²) in [5, 5.41) is 2.92. The van der Waals surface area contributed by atoms with Crippen molar-refractivity contribution in [2.45, 2.75) is 13.8 Å². The fourth-order valence-corrected chi connectivity index (χ4v) is 0.263. The zero-order chi connectivity index (χ0) is 7.28. The molecule has 0 amide bonds. The normalized spacial score (nSPS) is 13.7. The van der Waals surface area contributed by atoms with Gasteiger partial charge in [0.15, 0.2) is 0 Å². The Bertz CT molecular complexity index is 131. The molecule has 3 N–H and O–H groups in total. The van der Waals surface area contributed by atoms with E-state index in [-0.39, 0.29) is 0 Å². The smallest absolute Gasteiger partial charge is 0.0958 e. The van der Waals surface area contributed by atoms with E-state index in [9.17, 15) is 0 Å². The third kappa shape index (κ3) is 4.87. The van der Waals surface area contributed by atoms with Gasteiger partial charge in [0.2, 0.25) is 0 Å². The SMILES string of the molecule is CN/C(C)=C/N=C(\C)N. The zero-order valence-corrected chi connectivity index (χ0v) is 6.10. The number of hydrogen-bond acceptors (Lipinski definition) is 2. The van der Waals surface area contributed by atoms with Crippen molar-refractivity contribution in [3.63, 3.8) is 0 Å². The lowest BCUT2D eigenvalue weighted by Gasteiger charge is -1.93. The largest absolute Gasteiger partial charge is 0.390 e. The van der Waals surface area contributed by atoms with Crippen molar-refractivity contribution in [1.29, 1.82) is 0 Å². The van der Waals surface area contributed by atoms with Crippen molar-refractivity contribution < 1.29 is 0 Å². The molecule has 0 saturated heterocycles. The van der Waals surface area contributed by atoms with Gasteiger partial charge in [-0.25, -0.2) is 4.99 Å². The first-order chi connectivity index (χ1) is 4.16. The van der Waals surface area contributed by atoms with Crippen LogP contribution in [0.5, 0.6) is 0 Å². The monoisotopic (exact) mass is 127 g/mol. The molecular weight excluding hydrogens is 114 g/mol. The fraction of sp³-hybridized carbons (Fsp3) is 0.500. The van der Waals surface area contributed by atoms with Gasteiger partial charge in [-0.15, -0.1) is 0 Å². The first-order valence-electron chi connectivity index (χ1n) is 2.81. The van der Waals surface area contributed by atoms with E-state index < -0.39 is 0 Å². The van der Waals surface area contributed by atoms with E-state index in [1.165, 1.54) is 0 Å². The molecule has 3 nitrogen and oxygen atoms in total. The van der Waals surface area contributed by atoms with Crippen LogP contribution >= 0.6 is 0 Å². The van der Waals surface area contributed by atoms with Gasteiger partial charge in [0.05, 0.1) is 5.84 Å². The van der Waals surface area contributed by atoms with Gasteiger partial charge >= 0.3 is 0 Å². The lowest BCUT2D eigenvalue weighted by atomic mass is 10.5. The van der Waals surface area contributed by atoms with Gasteiger partial charge in [-0.05, 0) is 13.8 Å². The van der Waals surface area contributed by atoms with Crippen LogP contribution in [0, 0.1) is 0 Å². The molecule has 3 heteroatoms. The van der Waals surface area contributed by atoms with Crippen LogP contribution in [0.1, 0.15) is 13.8 Å². The fourth-order valence-electron chi connectivity index (χ4n) is 0.263. The van der Waals surface area contributed by atoms with E-state index in [4.69, 9.17) is 5.73 Å². The lowest BCUT2D eigenvalue weighted by molar-refractivity contribution is 0.980. The lowest BCUT2D eigenvalue weighted by Crippen LogP contribution is -2.05. The number of aliphatic imine (C=N–C) groups is 1. The molecule has 0 aliphatic heterocycles. The molecule has 0 atom stereocenters.